The van der Waals surface area contributed by atoms with E-state index in [0.29, 0.717) is 25.6 Å². The molecule has 0 aromatic heterocycles. The van der Waals surface area contributed by atoms with Crippen molar-refractivity contribution in [3.8, 4) is 0 Å². The van der Waals surface area contributed by atoms with Crippen LogP contribution in [-0.2, 0) is 9.53 Å². The number of nitrogens with two attached hydrogens (primary N) is 1. The van der Waals surface area contributed by atoms with Gasteiger partial charge in [0.15, 0.2) is 0 Å². The van der Waals surface area contributed by atoms with Crippen molar-refractivity contribution in [3.05, 3.63) is 0 Å². The molecule has 4 nitrogen and oxygen atoms in total. The zero-order valence-corrected chi connectivity index (χ0v) is 11.7. The van der Waals surface area contributed by atoms with E-state index in [1.807, 2.05) is 11.8 Å². The molecule has 0 aliphatic heterocycles. The molecule has 0 heterocycles. The lowest BCUT2D eigenvalue weighted by molar-refractivity contribution is -0.134. The zero-order chi connectivity index (χ0) is 13.3. The molecule has 0 rings (SSSR count). The molecule has 0 aromatic carbocycles. The molecule has 4 heteroatoms. The van der Waals surface area contributed by atoms with Gasteiger partial charge in [-0.05, 0) is 26.2 Å². The largest absolute Gasteiger partial charge is 0.383 e. The third kappa shape index (κ3) is 6.64. The van der Waals surface area contributed by atoms with Crippen molar-refractivity contribution in [1.82, 2.24) is 4.90 Å². The standard InChI is InChI=1S/C13H28N2O2/c1-5-12(6-2)15(9-10-17-4)13(16)8-7-11(3)14/h11-12H,5-10,14H2,1-4H3. The smallest absolute Gasteiger partial charge is 0.222 e. The fourth-order valence-electron chi connectivity index (χ4n) is 1.92. The lowest BCUT2D eigenvalue weighted by atomic mass is 10.1. The van der Waals surface area contributed by atoms with E-state index in [-0.39, 0.29) is 11.9 Å². The molecular weight excluding hydrogens is 216 g/mol. The SMILES string of the molecule is CCC(CC)N(CCOC)C(=O)CCC(C)N. The van der Waals surface area contributed by atoms with Crippen LogP contribution in [0, 0.1) is 0 Å². The fraction of sp³-hybridized carbons (Fsp3) is 0.923. The molecule has 2 N–H and O–H groups in total. The topological polar surface area (TPSA) is 55.6 Å². The maximum atomic E-state index is 12.1. The molecule has 0 spiro atoms. The number of carbonyl (C=O) groups excluding carboxylic acids is 1. The number of nitrogens with zero attached hydrogens (tertiary/aromatic N) is 1. The Labute approximate surface area is 105 Å². The maximum absolute atomic E-state index is 12.1. The summed E-state index contributed by atoms with van der Waals surface area (Å²) in [6.45, 7) is 7.45. The van der Waals surface area contributed by atoms with Crippen LogP contribution in [0.15, 0.2) is 0 Å². The van der Waals surface area contributed by atoms with Crippen LogP contribution in [0.4, 0.5) is 0 Å². The monoisotopic (exact) mass is 244 g/mol. The minimum absolute atomic E-state index is 0.0879. The van der Waals surface area contributed by atoms with Crippen molar-refractivity contribution in [2.45, 2.75) is 58.5 Å². The fourth-order valence-corrected chi connectivity index (χ4v) is 1.92. The Morgan fingerprint density at radius 3 is 2.35 bits per heavy atom. The summed E-state index contributed by atoms with van der Waals surface area (Å²) in [6, 6.07) is 0.413. The van der Waals surface area contributed by atoms with E-state index in [9.17, 15) is 4.79 Å². The third-order valence-electron chi connectivity index (χ3n) is 3.05. The highest BCUT2D eigenvalue weighted by Crippen LogP contribution is 2.11. The van der Waals surface area contributed by atoms with Crippen LogP contribution in [-0.4, -0.2) is 43.2 Å². The summed E-state index contributed by atoms with van der Waals surface area (Å²) in [7, 11) is 1.66. The molecule has 0 aliphatic rings. The molecule has 1 unspecified atom stereocenters. The molecule has 0 aliphatic carbocycles. The van der Waals surface area contributed by atoms with Gasteiger partial charge in [0, 0.05) is 32.2 Å². The Hall–Kier alpha value is -0.610. The van der Waals surface area contributed by atoms with Gasteiger partial charge in [0.1, 0.15) is 0 Å². The summed E-state index contributed by atoms with van der Waals surface area (Å²) in [6.07, 6.45) is 3.27. The van der Waals surface area contributed by atoms with Crippen LogP contribution < -0.4 is 5.73 Å². The number of hydrogen-bond acceptors (Lipinski definition) is 3. The lowest BCUT2D eigenvalue weighted by Gasteiger charge is -2.30. The molecule has 17 heavy (non-hydrogen) atoms. The Balaban J connectivity index is 4.37. The van der Waals surface area contributed by atoms with Crippen LogP contribution in [0.5, 0.6) is 0 Å². The highest BCUT2D eigenvalue weighted by atomic mass is 16.5. The Kier molecular flexibility index (Phi) is 9.09. The van der Waals surface area contributed by atoms with Crippen molar-refractivity contribution < 1.29 is 9.53 Å². The normalized spacial score (nSPS) is 12.8. The molecule has 0 saturated carbocycles. The van der Waals surface area contributed by atoms with Gasteiger partial charge in [-0.15, -0.1) is 0 Å². The highest BCUT2D eigenvalue weighted by molar-refractivity contribution is 5.76. The van der Waals surface area contributed by atoms with Gasteiger partial charge in [-0.1, -0.05) is 13.8 Å². The van der Waals surface area contributed by atoms with Crippen LogP contribution in [0.2, 0.25) is 0 Å². The number of carbonyl (C=O) groups is 1. The number of methoxy groups -OCH3 is 1. The van der Waals surface area contributed by atoms with Gasteiger partial charge >= 0.3 is 0 Å². The van der Waals surface area contributed by atoms with E-state index in [2.05, 4.69) is 13.8 Å². The predicted octanol–water partition coefficient (Wildman–Crippen LogP) is 1.78. The van der Waals surface area contributed by atoms with E-state index >= 15 is 0 Å². The second kappa shape index (κ2) is 9.42. The lowest BCUT2D eigenvalue weighted by Crippen LogP contribution is -2.42. The molecule has 0 radical (unpaired) electrons. The molecule has 102 valence electrons. The van der Waals surface area contributed by atoms with Gasteiger partial charge in [0.05, 0.1) is 6.61 Å². The van der Waals surface area contributed by atoms with E-state index in [1.54, 1.807) is 7.11 Å². The van der Waals surface area contributed by atoms with Gasteiger partial charge in [-0.25, -0.2) is 0 Å². The average Bonchev–Trinajstić information content (AvgIpc) is 2.31. The highest BCUT2D eigenvalue weighted by Gasteiger charge is 2.20. The summed E-state index contributed by atoms with van der Waals surface area (Å²) in [5, 5.41) is 0. The maximum Gasteiger partial charge on any atom is 0.222 e. The third-order valence-corrected chi connectivity index (χ3v) is 3.05. The second-order valence-corrected chi connectivity index (χ2v) is 4.57. The first-order valence-corrected chi connectivity index (χ1v) is 6.60. The van der Waals surface area contributed by atoms with Gasteiger partial charge < -0.3 is 15.4 Å². The van der Waals surface area contributed by atoms with E-state index < -0.39 is 0 Å². The summed E-state index contributed by atoms with van der Waals surface area (Å²) in [4.78, 5) is 14.1. The van der Waals surface area contributed by atoms with Crippen LogP contribution in [0.25, 0.3) is 0 Å². The summed E-state index contributed by atoms with van der Waals surface area (Å²) in [5.74, 6) is 0.202. The predicted molar refractivity (Wildman–Crippen MR) is 70.8 cm³/mol. The Morgan fingerprint density at radius 2 is 1.94 bits per heavy atom. The number of amides is 1. The minimum Gasteiger partial charge on any atom is -0.383 e. The van der Waals surface area contributed by atoms with Crippen LogP contribution >= 0.6 is 0 Å². The van der Waals surface area contributed by atoms with Gasteiger partial charge in [-0.2, -0.15) is 0 Å². The molecule has 0 bridgehead atoms. The number of rotatable bonds is 9. The van der Waals surface area contributed by atoms with E-state index in [4.69, 9.17) is 10.5 Å². The van der Waals surface area contributed by atoms with E-state index in [0.717, 1.165) is 19.3 Å². The number of hydrogen-bond donors (Lipinski definition) is 1. The zero-order valence-electron chi connectivity index (χ0n) is 11.7. The Morgan fingerprint density at radius 1 is 1.35 bits per heavy atom. The summed E-state index contributed by atoms with van der Waals surface area (Å²) in [5.41, 5.74) is 5.69. The van der Waals surface area contributed by atoms with Gasteiger partial charge in [0.2, 0.25) is 5.91 Å². The molecular formula is C13H28N2O2. The first-order chi connectivity index (χ1) is 8.06. The summed E-state index contributed by atoms with van der Waals surface area (Å²) >= 11 is 0. The van der Waals surface area contributed by atoms with Crippen LogP contribution in [0.3, 0.4) is 0 Å². The van der Waals surface area contributed by atoms with Crippen molar-refractivity contribution in [3.63, 3.8) is 0 Å². The number of ether oxygens (including phenoxy) is 1. The van der Waals surface area contributed by atoms with Gasteiger partial charge in [-0.3, -0.25) is 4.79 Å². The van der Waals surface area contributed by atoms with Crippen molar-refractivity contribution >= 4 is 5.91 Å². The Bertz CT molecular complexity index is 204. The minimum atomic E-state index is 0.0879. The first kappa shape index (κ1) is 16.4. The van der Waals surface area contributed by atoms with Gasteiger partial charge in [0.25, 0.3) is 0 Å². The molecule has 0 aromatic rings. The van der Waals surface area contributed by atoms with Crippen LogP contribution in [0.1, 0.15) is 46.5 Å². The average molecular weight is 244 g/mol. The first-order valence-electron chi connectivity index (χ1n) is 6.60. The second-order valence-electron chi connectivity index (χ2n) is 4.57. The van der Waals surface area contributed by atoms with Crippen molar-refractivity contribution in [2.75, 3.05) is 20.3 Å². The van der Waals surface area contributed by atoms with Crippen molar-refractivity contribution in [2.24, 2.45) is 5.73 Å². The van der Waals surface area contributed by atoms with Crippen molar-refractivity contribution in [1.29, 1.82) is 0 Å². The molecule has 0 saturated heterocycles. The quantitative estimate of drug-likeness (QED) is 0.672. The summed E-state index contributed by atoms with van der Waals surface area (Å²) < 4.78 is 5.07. The molecule has 1 amide bonds. The molecule has 1 atom stereocenters. The molecule has 0 fully saturated rings. The van der Waals surface area contributed by atoms with E-state index in [1.165, 1.54) is 0 Å².